The predicted molar refractivity (Wildman–Crippen MR) is 70.0 cm³/mol. The molecule has 0 bridgehead atoms. The van der Waals surface area contributed by atoms with E-state index in [1.54, 1.807) is 0 Å². The van der Waals surface area contributed by atoms with Crippen molar-refractivity contribution in [2.45, 2.75) is 39.7 Å². The summed E-state index contributed by atoms with van der Waals surface area (Å²) in [6.45, 7) is 7.57. The molecule has 96 valence electrons. The highest BCUT2D eigenvalue weighted by atomic mass is 16.5. The van der Waals surface area contributed by atoms with Gasteiger partial charge in [0.1, 0.15) is 18.0 Å². The van der Waals surface area contributed by atoms with Crippen molar-refractivity contribution in [3.63, 3.8) is 0 Å². The summed E-state index contributed by atoms with van der Waals surface area (Å²) in [6, 6.07) is 0. The topological polar surface area (TPSA) is 73.1 Å². The van der Waals surface area contributed by atoms with Crippen LogP contribution in [0.3, 0.4) is 0 Å². The molecule has 1 rings (SSSR count). The maximum atomic E-state index is 5.85. The van der Waals surface area contributed by atoms with E-state index in [-0.39, 0.29) is 6.10 Å². The van der Waals surface area contributed by atoms with Gasteiger partial charge in [-0.2, -0.15) is 0 Å². The molecule has 3 N–H and O–H groups in total. The van der Waals surface area contributed by atoms with Crippen LogP contribution in [0.5, 0.6) is 0 Å². The van der Waals surface area contributed by atoms with E-state index in [4.69, 9.17) is 10.5 Å². The number of hydrogen-bond acceptors (Lipinski definition) is 5. The number of anilines is 2. The average molecular weight is 238 g/mol. The smallest absolute Gasteiger partial charge is 0.134 e. The van der Waals surface area contributed by atoms with Gasteiger partial charge in [-0.25, -0.2) is 9.97 Å². The SMILES string of the molecule is CCCc1c(N)ncnc1NCC(C)OCC. The van der Waals surface area contributed by atoms with Crippen LogP contribution in [0, 0.1) is 0 Å². The molecule has 1 unspecified atom stereocenters. The molecule has 17 heavy (non-hydrogen) atoms. The molecule has 5 nitrogen and oxygen atoms in total. The molecule has 0 aliphatic carbocycles. The third-order valence-electron chi connectivity index (χ3n) is 2.49. The Morgan fingerprint density at radius 3 is 2.82 bits per heavy atom. The lowest BCUT2D eigenvalue weighted by atomic mass is 10.1. The van der Waals surface area contributed by atoms with Gasteiger partial charge in [0.05, 0.1) is 6.10 Å². The fourth-order valence-corrected chi connectivity index (χ4v) is 1.66. The number of nitrogen functional groups attached to an aromatic ring is 1. The van der Waals surface area contributed by atoms with Gasteiger partial charge in [-0.05, 0) is 20.3 Å². The van der Waals surface area contributed by atoms with Crippen molar-refractivity contribution in [2.75, 3.05) is 24.2 Å². The molecule has 0 fully saturated rings. The van der Waals surface area contributed by atoms with Crippen LogP contribution in [0.25, 0.3) is 0 Å². The van der Waals surface area contributed by atoms with Crippen LogP contribution in [-0.2, 0) is 11.2 Å². The maximum absolute atomic E-state index is 5.85. The summed E-state index contributed by atoms with van der Waals surface area (Å²) in [7, 11) is 0. The van der Waals surface area contributed by atoms with Gasteiger partial charge < -0.3 is 15.8 Å². The van der Waals surface area contributed by atoms with Crippen LogP contribution >= 0.6 is 0 Å². The monoisotopic (exact) mass is 238 g/mol. The second-order valence-corrected chi connectivity index (χ2v) is 3.98. The standard InChI is InChI=1S/C12H22N4O/c1-4-6-10-11(13)15-8-16-12(10)14-7-9(3)17-5-2/h8-9H,4-7H2,1-3H3,(H3,13,14,15,16). The van der Waals surface area contributed by atoms with E-state index < -0.39 is 0 Å². The molecule has 0 radical (unpaired) electrons. The highest BCUT2D eigenvalue weighted by molar-refractivity contribution is 5.54. The number of hydrogen-bond donors (Lipinski definition) is 2. The van der Waals surface area contributed by atoms with Gasteiger partial charge in [0, 0.05) is 18.7 Å². The third-order valence-corrected chi connectivity index (χ3v) is 2.49. The molecule has 1 atom stereocenters. The molecule has 5 heteroatoms. The molecule has 0 spiro atoms. The normalized spacial score (nSPS) is 12.4. The lowest BCUT2D eigenvalue weighted by molar-refractivity contribution is 0.0854. The quantitative estimate of drug-likeness (QED) is 0.758. The molecular weight excluding hydrogens is 216 g/mol. The number of nitrogens with zero attached hydrogens (tertiary/aromatic N) is 2. The summed E-state index contributed by atoms with van der Waals surface area (Å²) in [5.41, 5.74) is 6.85. The molecule has 1 aromatic heterocycles. The van der Waals surface area contributed by atoms with Gasteiger partial charge in [-0.1, -0.05) is 13.3 Å². The summed E-state index contributed by atoms with van der Waals surface area (Å²) in [5.74, 6) is 1.39. The van der Waals surface area contributed by atoms with Gasteiger partial charge in [0.2, 0.25) is 0 Å². The first kappa shape index (κ1) is 13.7. The van der Waals surface area contributed by atoms with Crippen LogP contribution in [0.15, 0.2) is 6.33 Å². The number of aromatic nitrogens is 2. The highest BCUT2D eigenvalue weighted by Crippen LogP contribution is 2.18. The number of nitrogens with two attached hydrogens (primary N) is 1. The van der Waals surface area contributed by atoms with E-state index in [1.807, 2.05) is 13.8 Å². The highest BCUT2D eigenvalue weighted by Gasteiger charge is 2.09. The first-order valence-corrected chi connectivity index (χ1v) is 6.13. The minimum Gasteiger partial charge on any atom is -0.383 e. The molecule has 0 saturated heterocycles. The summed E-state index contributed by atoms with van der Waals surface area (Å²) in [4.78, 5) is 8.25. The van der Waals surface area contributed by atoms with Crippen molar-refractivity contribution in [3.8, 4) is 0 Å². The summed E-state index contributed by atoms with van der Waals surface area (Å²) >= 11 is 0. The Labute approximate surface area is 103 Å². The van der Waals surface area contributed by atoms with Gasteiger partial charge in [-0.3, -0.25) is 0 Å². The van der Waals surface area contributed by atoms with E-state index in [2.05, 4.69) is 22.2 Å². The van der Waals surface area contributed by atoms with E-state index >= 15 is 0 Å². The van der Waals surface area contributed by atoms with Gasteiger partial charge in [0.15, 0.2) is 0 Å². The van der Waals surface area contributed by atoms with Crippen LogP contribution in [0.4, 0.5) is 11.6 Å². The molecule has 1 heterocycles. The first-order chi connectivity index (χ1) is 8.19. The van der Waals surface area contributed by atoms with Gasteiger partial charge in [0.25, 0.3) is 0 Å². The summed E-state index contributed by atoms with van der Waals surface area (Å²) in [6.07, 6.45) is 3.55. The summed E-state index contributed by atoms with van der Waals surface area (Å²) in [5, 5.41) is 3.27. The Morgan fingerprint density at radius 1 is 1.41 bits per heavy atom. The van der Waals surface area contributed by atoms with Crippen LogP contribution in [0.1, 0.15) is 32.8 Å². The lowest BCUT2D eigenvalue weighted by Crippen LogP contribution is -2.21. The van der Waals surface area contributed by atoms with E-state index in [0.29, 0.717) is 5.82 Å². The van der Waals surface area contributed by atoms with Crippen molar-refractivity contribution >= 4 is 11.6 Å². The Kier molecular flexibility index (Phi) is 5.69. The van der Waals surface area contributed by atoms with Crippen LogP contribution in [-0.4, -0.2) is 29.2 Å². The first-order valence-electron chi connectivity index (χ1n) is 6.13. The predicted octanol–water partition coefficient (Wildman–Crippen LogP) is 1.85. The molecule has 0 aliphatic rings. The zero-order valence-corrected chi connectivity index (χ0v) is 10.9. The van der Waals surface area contributed by atoms with Crippen molar-refractivity contribution in [3.05, 3.63) is 11.9 Å². The number of nitrogens with one attached hydrogen (secondary N) is 1. The van der Waals surface area contributed by atoms with Gasteiger partial charge >= 0.3 is 0 Å². The minimum atomic E-state index is 0.158. The Bertz CT molecular complexity index is 343. The van der Waals surface area contributed by atoms with Crippen molar-refractivity contribution in [1.82, 2.24) is 9.97 Å². The number of ether oxygens (including phenoxy) is 1. The largest absolute Gasteiger partial charge is 0.383 e. The number of rotatable bonds is 7. The van der Waals surface area contributed by atoms with Crippen molar-refractivity contribution < 1.29 is 4.74 Å². The van der Waals surface area contributed by atoms with Crippen molar-refractivity contribution in [2.24, 2.45) is 0 Å². The maximum Gasteiger partial charge on any atom is 0.134 e. The van der Waals surface area contributed by atoms with E-state index in [1.165, 1.54) is 6.33 Å². The fraction of sp³-hybridized carbons (Fsp3) is 0.667. The van der Waals surface area contributed by atoms with Crippen LogP contribution in [0.2, 0.25) is 0 Å². The molecule has 0 saturated carbocycles. The zero-order chi connectivity index (χ0) is 12.7. The van der Waals surface area contributed by atoms with Gasteiger partial charge in [-0.15, -0.1) is 0 Å². The Hall–Kier alpha value is -1.36. The molecule has 0 amide bonds. The third kappa shape index (κ3) is 4.19. The Balaban J connectivity index is 2.66. The minimum absolute atomic E-state index is 0.158. The molecule has 0 aliphatic heterocycles. The fourth-order valence-electron chi connectivity index (χ4n) is 1.66. The second-order valence-electron chi connectivity index (χ2n) is 3.98. The average Bonchev–Trinajstić information content (AvgIpc) is 2.30. The molecule has 0 aromatic carbocycles. The zero-order valence-electron chi connectivity index (χ0n) is 10.9. The molecule has 1 aromatic rings. The molecular formula is C12H22N4O. The van der Waals surface area contributed by atoms with Crippen LogP contribution < -0.4 is 11.1 Å². The van der Waals surface area contributed by atoms with E-state index in [0.717, 1.165) is 37.4 Å². The van der Waals surface area contributed by atoms with Crippen molar-refractivity contribution in [1.29, 1.82) is 0 Å². The van der Waals surface area contributed by atoms with E-state index in [9.17, 15) is 0 Å². The summed E-state index contributed by atoms with van der Waals surface area (Å²) < 4.78 is 5.46. The second kappa shape index (κ2) is 7.06. The Morgan fingerprint density at radius 2 is 2.18 bits per heavy atom. The lowest BCUT2D eigenvalue weighted by Gasteiger charge is -2.15.